The number of sulfone groups is 1. The summed E-state index contributed by atoms with van der Waals surface area (Å²) in [6.45, 7) is 7.71. The van der Waals surface area contributed by atoms with E-state index in [1.54, 1.807) is 10.9 Å². The molecule has 0 bridgehead atoms. The van der Waals surface area contributed by atoms with Crippen LogP contribution in [-0.4, -0.2) is 35.6 Å². The van der Waals surface area contributed by atoms with Crippen molar-refractivity contribution in [2.75, 3.05) is 16.8 Å². The highest BCUT2D eigenvalue weighted by Gasteiger charge is 2.31. The lowest BCUT2D eigenvalue weighted by molar-refractivity contribution is -0.115. The molecule has 7 nitrogen and oxygen atoms in total. The summed E-state index contributed by atoms with van der Waals surface area (Å²) >= 11 is 0. The maximum Gasteiger partial charge on any atom is 0.229 e. The molecular weight excluding hydrogens is 390 g/mol. The molecule has 3 heterocycles. The largest absolute Gasteiger partial charge is 0.464 e. The van der Waals surface area contributed by atoms with Gasteiger partial charge in [0.2, 0.25) is 5.91 Å². The lowest BCUT2D eigenvalue weighted by Crippen LogP contribution is -2.16. The van der Waals surface area contributed by atoms with Gasteiger partial charge < -0.3 is 9.73 Å². The van der Waals surface area contributed by atoms with Gasteiger partial charge in [-0.3, -0.25) is 9.48 Å². The molecule has 1 atom stereocenters. The van der Waals surface area contributed by atoms with Crippen LogP contribution in [0.4, 0.5) is 5.69 Å². The molecule has 2 aromatic heterocycles. The van der Waals surface area contributed by atoms with Gasteiger partial charge in [0.15, 0.2) is 9.84 Å². The Bertz CT molecular complexity index is 1220. The van der Waals surface area contributed by atoms with Crippen LogP contribution in [0.3, 0.4) is 0 Å². The third-order valence-electron chi connectivity index (χ3n) is 5.59. The summed E-state index contributed by atoms with van der Waals surface area (Å²) < 4.78 is 31.0. The zero-order valence-corrected chi connectivity index (χ0v) is 17.9. The van der Waals surface area contributed by atoms with Crippen LogP contribution >= 0.6 is 0 Å². The summed E-state index contributed by atoms with van der Waals surface area (Å²) in [6, 6.07) is 3.87. The van der Waals surface area contributed by atoms with Gasteiger partial charge in [0, 0.05) is 10.9 Å². The predicted octanol–water partition coefficient (Wildman–Crippen LogP) is 3.40. The van der Waals surface area contributed by atoms with E-state index in [4.69, 9.17) is 4.42 Å². The molecule has 0 saturated carbocycles. The molecule has 1 fully saturated rings. The van der Waals surface area contributed by atoms with Gasteiger partial charge >= 0.3 is 0 Å². The fourth-order valence-electron chi connectivity index (χ4n) is 4.28. The molecule has 1 aliphatic heterocycles. The van der Waals surface area contributed by atoms with E-state index >= 15 is 0 Å². The normalized spacial score (nSPS) is 18.4. The number of rotatable bonds is 4. The Morgan fingerprint density at radius 1 is 1.28 bits per heavy atom. The van der Waals surface area contributed by atoms with Crippen molar-refractivity contribution in [3.63, 3.8) is 0 Å². The monoisotopic (exact) mass is 415 g/mol. The number of carbonyl (C=O) groups excluding carboxylic acids is 1. The van der Waals surface area contributed by atoms with Gasteiger partial charge in [-0.1, -0.05) is 6.07 Å². The summed E-state index contributed by atoms with van der Waals surface area (Å²) in [5, 5.41) is 8.44. The van der Waals surface area contributed by atoms with Gasteiger partial charge in [-0.05, 0) is 51.3 Å². The number of anilines is 1. The average Bonchev–Trinajstić information content (AvgIpc) is 3.26. The number of hydrogen-bond donors (Lipinski definition) is 1. The minimum absolute atomic E-state index is 0.0993. The number of hydrogen-bond acceptors (Lipinski definition) is 5. The molecule has 8 heteroatoms. The quantitative estimate of drug-likeness (QED) is 0.705. The molecule has 29 heavy (non-hydrogen) atoms. The van der Waals surface area contributed by atoms with Crippen molar-refractivity contribution in [1.29, 1.82) is 0 Å². The van der Waals surface area contributed by atoms with Crippen molar-refractivity contribution >= 4 is 32.4 Å². The zero-order chi connectivity index (χ0) is 20.9. The molecule has 1 unspecified atom stereocenters. The summed E-state index contributed by atoms with van der Waals surface area (Å²) in [5.41, 5.74) is 5.95. The molecule has 3 aromatic rings. The number of aromatic nitrogens is 2. The van der Waals surface area contributed by atoms with Crippen LogP contribution < -0.4 is 5.32 Å². The first-order chi connectivity index (χ1) is 13.6. The van der Waals surface area contributed by atoms with Crippen molar-refractivity contribution in [3.8, 4) is 0 Å². The summed E-state index contributed by atoms with van der Waals surface area (Å²) in [6.07, 6.45) is 2.39. The Kier molecular flexibility index (Phi) is 4.77. The van der Waals surface area contributed by atoms with Crippen LogP contribution in [-0.2, 0) is 21.1 Å². The van der Waals surface area contributed by atoms with Gasteiger partial charge in [-0.2, -0.15) is 5.10 Å². The summed E-state index contributed by atoms with van der Waals surface area (Å²) in [4.78, 5) is 12.8. The second-order valence-electron chi connectivity index (χ2n) is 7.99. The first-order valence-electron chi connectivity index (χ1n) is 9.68. The first-order valence-corrected chi connectivity index (χ1v) is 11.5. The summed E-state index contributed by atoms with van der Waals surface area (Å²) in [5.74, 6) is 0.129. The maximum atomic E-state index is 12.8. The van der Waals surface area contributed by atoms with Crippen molar-refractivity contribution in [3.05, 3.63) is 46.5 Å². The fraction of sp³-hybridized carbons (Fsp3) is 0.429. The molecule has 1 aromatic carbocycles. The van der Waals surface area contributed by atoms with Crippen molar-refractivity contribution in [2.24, 2.45) is 0 Å². The first kappa shape index (κ1) is 19.7. The average molecular weight is 416 g/mol. The minimum Gasteiger partial charge on any atom is -0.464 e. The Morgan fingerprint density at radius 3 is 2.72 bits per heavy atom. The highest BCUT2D eigenvalue weighted by atomic mass is 32.2. The molecule has 1 aliphatic rings. The third-order valence-corrected chi connectivity index (χ3v) is 7.34. The molecule has 0 radical (unpaired) electrons. The number of aryl methyl sites for hydroxylation is 3. The summed E-state index contributed by atoms with van der Waals surface area (Å²) in [7, 11) is -3.01. The highest BCUT2D eigenvalue weighted by molar-refractivity contribution is 7.91. The lowest BCUT2D eigenvalue weighted by atomic mass is 10.0. The molecule has 4 rings (SSSR count). The highest BCUT2D eigenvalue weighted by Crippen LogP contribution is 2.30. The lowest BCUT2D eigenvalue weighted by Gasteiger charge is -2.11. The molecule has 1 amide bonds. The standard InChI is InChI=1S/C21H25N3O4S/c1-12-7-13(2)20-16(10-28-18(20)8-12)9-19(25)22-21-14(3)23-24(15(21)4)17-5-6-29(26,27)11-17/h7-8,10,17H,5-6,9,11H2,1-4H3,(H,22,25). The van der Waals surface area contributed by atoms with Gasteiger partial charge in [0.05, 0.1) is 47.3 Å². The van der Waals surface area contributed by atoms with Crippen LogP contribution in [0.15, 0.2) is 22.8 Å². The number of carbonyl (C=O) groups is 1. The van der Waals surface area contributed by atoms with Crippen LogP contribution in [0.5, 0.6) is 0 Å². The predicted molar refractivity (Wildman–Crippen MR) is 112 cm³/mol. The smallest absolute Gasteiger partial charge is 0.229 e. The van der Waals surface area contributed by atoms with Gasteiger partial charge in [0.1, 0.15) is 5.58 Å². The fourth-order valence-corrected chi connectivity index (χ4v) is 5.97. The topological polar surface area (TPSA) is 94.2 Å². The van der Waals surface area contributed by atoms with E-state index in [0.29, 0.717) is 17.8 Å². The number of nitrogens with one attached hydrogen (secondary N) is 1. The van der Waals surface area contributed by atoms with Crippen LogP contribution in [0.25, 0.3) is 11.0 Å². The SMILES string of the molecule is Cc1cc(C)c2c(CC(=O)Nc3c(C)nn(C4CCS(=O)(=O)C4)c3C)coc2c1. The van der Waals surface area contributed by atoms with Gasteiger partial charge in [-0.15, -0.1) is 0 Å². The number of furan rings is 1. The molecule has 1 N–H and O–H groups in total. The number of amides is 1. The van der Waals surface area contributed by atoms with E-state index in [-0.39, 0.29) is 29.9 Å². The Labute approximate surface area is 170 Å². The maximum absolute atomic E-state index is 12.8. The van der Waals surface area contributed by atoms with E-state index in [1.165, 1.54) is 0 Å². The van der Waals surface area contributed by atoms with Gasteiger partial charge in [-0.25, -0.2) is 8.42 Å². The Morgan fingerprint density at radius 2 is 2.03 bits per heavy atom. The van der Waals surface area contributed by atoms with Crippen molar-refractivity contribution in [1.82, 2.24) is 9.78 Å². The second-order valence-corrected chi connectivity index (χ2v) is 10.2. The van der Waals surface area contributed by atoms with Crippen LogP contribution in [0.1, 0.15) is 40.5 Å². The van der Waals surface area contributed by atoms with Gasteiger partial charge in [0.25, 0.3) is 0 Å². The van der Waals surface area contributed by atoms with Crippen molar-refractivity contribution in [2.45, 2.75) is 46.6 Å². The van der Waals surface area contributed by atoms with Crippen molar-refractivity contribution < 1.29 is 17.6 Å². The van der Waals surface area contributed by atoms with Crippen LogP contribution in [0.2, 0.25) is 0 Å². The van der Waals surface area contributed by atoms with E-state index in [1.807, 2.05) is 33.8 Å². The number of fused-ring (bicyclic) bond motifs is 1. The molecule has 154 valence electrons. The second kappa shape index (κ2) is 7.02. The molecule has 0 spiro atoms. The Hall–Kier alpha value is -2.61. The van der Waals surface area contributed by atoms with E-state index in [2.05, 4.69) is 16.5 Å². The molecule has 1 saturated heterocycles. The van der Waals surface area contributed by atoms with E-state index in [0.717, 1.165) is 33.4 Å². The number of benzene rings is 1. The van der Waals surface area contributed by atoms with Crippen LogP contribution in [0, 0.1) is 27.7 Å². The minimum atomic E-state index is -3.01. The number of nitrogens with zero attached hydrogens (tertiary/aromatic N) is 2. The molecular formula is C21H25N3O4S. The van der Waals surface area contributed by atoms with E-state index < -0.39 is 9.84 Å². The van der Waals surface area contributed by atoms with E-state index in [9.17, 15) is 13.2 Å². The zero-order valence-electron chi connectivity index (χ0n) is 17.1. The molecule has 0 aliphatic carbocycles. The Balaban J connectivity index is 1.55. The third kappa shape index (κ3) is 3.69.